The average molecular weight is 1810 g/mol. The summed E-state index contributed by atoms with van der Waals surface area (Å²) in [5, 5.41) is 54.2. The fourth-order valence-electron chi connectivity index (χ4n) is 13.1. The largest absolute Gasteiger partial charge is 0.490 e. The molecule has 0 radical (unpaired) electrons. The van der Waals surface area contributed by atoms with Crippen molar-refractivity contribution in [3.05, 3.63) is 200 Å². The molecule has 8 bridgehead atoms. The quantitative estimate of drug-likeness (QED) is 0.0338. The molecule has 8 aromatic heterocycles. The number of carboxylic acids is 1. The van der Waals surface area contributed by atoms with Crippen molar-refractivity contribution in [2.24, 2.45) is 0 Å². The number of carboxylic acid groups (broad SMARTS) is 1. The number of halogens is 9. The van der Waals surface area contributed by atoms with Gasteiger partial charge in [0.15, 0.2) is 17.5 Å². The van der Waals surface area contributed by atoms with E-state index in [1.807, 2.05) is 71.3 Å². The number of fused-ring (bicyclic) bond motifs is 6. The molecule has 7 N–H and O–H groups in total. The minimum absolute atomic E-state index is 0.0187. The van der Waals surface area contributed by atoms with Gasteiger partial charge < -0.3 is 59.4 Å². The maximum atomic E-state index is 13.4. The third kappa shape index (κ3) is 21.0. The van der Waals surface area contributed by atoms with Gasteiger partial charge in [-0.1, -0.05) is 36.4 Å². The zero-order valence-corrected chi connectivity index (χ0v) is 65.1. The van der Waals surface area contributed by atoms with Gasteiger partial charge in [0.1, 0.15) is 87.7 Å². The number of anilines is 3. The molecule has 0 spiro atoms. The van der Waals surface area contributed by atoms with Crippen LogP contribution in [0.25, 0.3) is 45.7 Å². The number of nitrogens with two attached hydrogens (primary N) is 1. The molecule has 3 saturated carbocycles. The number of amides is 2. The predicted molar refractivity (Wildman–Crippen MR) is 420 cm³/mol. The van der Waals surface area contributed by atoms with Crippen molar-refractivity contribution in [3.8, 4) is 62.9 Å². The summed E-state index contributed by atoms with van der Waals surface area (Å²) in [6, 6.07) is 38.4. The van der Waals surface area contributed by atoms with Gasteiger partial charge in [0.25, 0.3) is 24.7 Å². The molecule has 27 nitrogen and oxygen atoms in total. The summed E-state index contributed by atoms with van der Waals surface area (Å²) in [6.45, 7) is 0. The molecule has 570 valence electrons. The van der Waals surface area contributed by atoms with E-state index < -0.39 is 31.1 Å². The maximum absolute atomic E-state index is 13.4. The summed E-state index contributed by atoms with van der Waals surface area (Å²) >= 11 is 18.2. The highest BCUT2D eigenvalue weighted by molar-refractivity contribution is 14.1. The highest BCUT2D eigenvalue weighted by atomic mass is 127. The Morgan fingerprint density at radius 2 is 1.00 bits per heavy atom. The number of alkyl halides is 4. The highest BCUT2D eigenvalue weighted by Gasteiger charge is 2.32. The summed E-state index contributed by atoms with van der Waals surface area (Å²) in [4.78, 5) is 58.6. The lowest BCUT2D eigenvalue weighted by Gasteiger charge is -2.31. The van der Waals surface area contributed by atoms with E-state index in [-0.39, 0.29) is 64.6 Å². The minimum atomic E-state index is -3.22. The zero-order valence-electron chi connectivity index (χ0n) is 57.7. The Labute approximate surface area is 667 Å². The van der Waals surface area contributed by atoms with Crippen molar-refractivity contribution in [1.82, 2.24) is 69.2 Å². The second kappa shape index (κ2) is 36.7. The molecule has 3 aliphatic carbocycles. The number of carbonyl (C=O) groups is 3. The van der Waals surface area contributed by atoms with E-state index in [9.17, 15) is 41.6 Å². The van der Waals surface area contributed by atoms with Crippen molar-refractivity contribution in [2.45, 2.75) is 126 Å². The van der Waals surface area contributed by atoms with E-state index in [1.165, 1.54) is 18.3 Å². The van der Waals surface area contributed by atoms with Gasteiger partial charge in [-0.2, -0.15) is 0 Å². The van der Waals surface area contributed by atoms with Gasteiger partial charge in [-0.05, 0) is 259 Å². The van der Waals surface area contributed by atoms with Crippen molar-refractivity contribution in [3.63, 3.8) is 0 Å². The second-order valence-electron chi connectivity index (χ2n) is 25.7. The molecular weight excluding hydrogens is 1740 g/mol. The van der Waals surface area contributed by atoms with Crippen LogP contribution in [0.2, 0.25) is 0 Å². The van der Waals surface area contributed by atoms with Crippen LogP contribution in [0.4, 0.5) is 35.0 Å². The first kappa shape index (κ1) is 80.2. The number of carbonyl (C=O) groups excluding carboxylic acids is 2. The van der Waals surface area contributed by atoms with Gasteiger partial charge in [0.05, 0.1) is 29.4 Å². The van der Waals surface area contributed by atoms with Crippen LogP contribution >= 0.6 is 84.1 Å². The Hall–Kier alpha value is -9.30. The molecule has 11 aromatic rings. The summed E-state index contributed by atoms with van der Waals surface area (Å²) in [6.07, 6.45) is 13.0. The Morgan fingerprint density at radius 1 is 0.564 bits per heavy atom. The van der Waals surface area contributed by atoms with Gasteiger partial charge in [-0.3, -0.25) is 24.1 Å². The zero-order chi connectivity index (χ0) is 77.8. The SMILES string of the molecule is Nc1cccc(-c2nncn2C2CCC(Oc3ccc(I)cc3C(=O)O)CC2)n1.O=C1Nc2cccc(n2)-c2nncn2C2CCC(CC2)Oc2ccc(-c3ccc(C(F)F)nc3)cc21.O=C1Nc2cccc(n2)-c2nncn2C2CCC(CC2)Oc2ccc(I)cc21.O=P(Cl)(Cl)Cl.OB(O)c1ccc(C(F)F)nc1. The summed E-state index contributed by atoms with van der Waals surface area (Å²) in [5.41, 5.74) is 9.60. The van der Waals surface area contributed by atoms with Crippen molar-refractivity contribution in [1.29, 1.82) is 0 Å². The number of hydrogen-bond donors (Lipinski definition) is 6. The second-order valence-corrected chi connectivity index (χ2v) is 34.8. The van der Waals surface area contributed by atoms with Crippen LogP contribution in [-0.2, 0) is 4.57 Å². The van der Waals surface area contributed by atoms with Crippen molar-refractivity contribution >= 4 is 132 Å². The number of pyridine rings is 5. The number of ether oxygens (including phenoxy) is 3. The first-order chi connectivity index (χ1) is 52.8. The molecule has 0 atom stereocenters. The van der Waals surface area contributed by atoms with Gasteiger partial charge in [0.2, 0.25) is 0 Å². The number of nitrogens with one attached hydrogen (secondary N) is 2. The molecule has 3 aromatic carbocycles. The van der Waals surface area contributed by atoms with Gasteiger partial charge >= 0.3 is 18.3 Å². The molecule has 0 saturated heterocycles. The summed E-state index contributed by atoms with van der Waals surface area (Å²) in [5.74, 6) is 3.31. The van der Waals surface area contributed by atoms with Crippen LogP contribution in [-0.4, -0.2) is 128 Å². The fourth-order valence-corrected chi connectivity index (χ4v) is 14.1. The van der Waals surface area contributed by atoms with Crippen LogP contribution < -0.4 is 36.0 Å². The van der Waals surface area contributed by atoms with Gasteiger partial charge in [-0.25, -0.2) is 37.3 Å². The average Bonchev–Trinajstić information content (AvgIpc) is 1.76. The molecular formula is C72H66BCl3F4I2N17O10P. The molecule has 2 amide bonds. The molecule has 3 fully saturated rings. The Bertz CT molecular complexity index is 5060. The van der Waals surface area contributed by atoms with E-state index in [1.54, 1.807) is 67.5 Å². The standard InChI is InChI=1S/C26H22F2N6O2.C20H20IN5O3.C20H18IN5O2.C6H6BF2NO2.Cl3OP/c27-24(28)20-10-4-16(13-29-20)15-5-11-22-19(12-15)26(35)32-23-3-1-2-21(31-23)25-33-30-14-34(25)17-6-8-18(36-22)9-7-17;21-12-4-9-17(15(10-12)20(27)28)29-14-7-5-13(6-8-14)26-11-23-25-19(26)16-2-1-3-18(22)24-16;21-12-4-9-17-15(10-12)20(27)24-18-3-1-2-16(23-18)19-25-22-11-26(19)13-5-7-14(28-17)8-6-13;8-6(9)5-2-1-4(3-10-5)7(11)12;1-5(2,3)4/h1-5,10-14,17-18,24H,6-9H2,(H,31,32,35);1-4,9-11,13-14H,5-8H2,(H2,22,24)(H,27,28);1-4,9-11,13-14H,5-8H2,(H,23,24,27);1-3,6,11-12H;. The molecule has 18 rings (SSSR count). The van der Waals surface area contributed by atoms with Crippen LogP contribution in [0.3, 0.4) is 0 Å². The molecule has 12 heterocycles. The predicted octanol–water partition coefficient (Wildman–Crippen LogP) is 15.8. The van der Waals surface area contributed by atoms with Crippen LogP contribution in [0, 0.1) is 7.14 Å². The monoisotopic (exact) mass is 1810 g/mol. The topological polar surface area (TPSA) is 363 Å². The fraction of sp³-hybridized carbons (Fsp3) is 0.278. The van der Waals surface area contributed by atoms with E-state index >= 15 is 0 Å². The lowest BCUT2D eigenvalue weighted by molar-refractivity contribution is 0.0683. The first-order valence-corrected chi connectivity index (χ1v) is 40.9. The van der Waals surface area contributed by atoms with Crippen molar-refractivity contribution in [2.75, 3.05) is 16.4 Å². The Kier molecular flexibility index (Phi) is 26.8. The molecule has 110 heavy (non-hydrogen) atoms. The van der Waals surface area contributed by atoms with Crippen LogP contribution in [0.1, 0.15) is 150 Å². The third-order valence-corrected chi connectivity index (χ3v) is 19.7. The van der Waals surface area contributed by atoms with E-state index in [2.05, 4.69) is 154 Å². The summed E-state index contributed by atoms with van der Waals surface area (Å²) < 4.78 is 85.9. The van der Waals surface area contributed by atoms with E-state index in [0.717, 1.165) is 102 Å². The van der Waals surface area contributed by atoms with Gasteiger partial charge in [0, 0.05) is 48.7 Å². The smallest absolute Gasteiger partial charge is 0.490 e. The third-order valence-electron chi connectivity index (χ3n) is 18.4. The lowest BCUT2D eigenvalue weighted by atomic mass is 9.82. The number of nitrogen functional groups attached to an aromatic ring is 1. The molecule has 4 aliphatic heterocycles. The number of aromatic nitrogens is 14. The number of benzene rings is 3. The van der Waals surface area contributed by atoms with Crippen LogP contribution in [0.5, 0.6) is 17.2 Å². The number of hydrogen-bond acceptors (Lipinski definition) is 21. The first-order valence-electron chi connectivity index (χ1n) is 34.3. The maximum Gasteiger partial charge on any atom is 0.490 e. The summed E-state index contributed by atoms with van der Waals surface area (Å²) in [7, 11) is -1.66. The van der Waals surface area contributed by atoms with E-state index in [0.29, 0.717) is 91.7 Å². The number of aromatic carboxylic acids is 1. The molecule has 0 unspecified atom stereocenters. The van der Waals surface area contributed by atoms with Crippen LogP contribution in [0.15, 0.2) is 165 Å². The number of rotatable bonds is 9. The Balaban J connectivity index is 0.000000140. The molecule has 38 heteroatoms. The number of nitrogens with zero attached hydrogens (tertiary/aromatic N) is 14. The van der Waals surface area contributed by atoms with Gasteiger partial charge in [-0.15, -0.1) is 30.6 Å². The highest BCUT2D eigenvalue weighted by Crippen LogP contribution is 2.61. The molecule has 7 aliphatic rings. The van der Waals surface area contributed by atoms with E-state index in [4.69, 9.17) is 30.0 Å². The van der Waals surface area contributed by atoms with Crippen molar-refractivity contribution < 1.29 is 65.9 Å². The normalized spacial score (nSPS) is 18.3. The Morgan fingerprint density at radius 3 is 1.45 bits per heavy atom. The lowest BCUT2D eigenvalue weighted by Crippen LogP contribution is -2.30. The minimum Gasteiger partial charge on any atom is -0.490 e.